The van der Waals surface area contributed by atoms with Crippen LogP contribution < -0.4 is 10.0 Å². The van der Waals surface area contributed by atoms with E-state index in [1.165, 1.54) is 6.07 Å². The summed E-state index contributed by atoms with van der Waals surface area (Å²) in [5, 5.41) is 12.1. The first-order chi connectivity index (χ1) is 11.1. The van der Waals surface area contributed by atoms with Crippen molar-refractivity contribution in [3.8, 4) is 6.07 Å². The van der Waals surface area contributed by atoms with E-state index in [1.54, 1.807) is 6.92 Å². The van der Waals surface area contributed by atoms with Crippen molar-refractivity contribution < 1.29 is 21.6 Å². The van der Waals surface area contributed by atoms with Crippen LogP contribution in [0.2, 0.25) is 0 Å². The van der Waals surface area contributed by atoms with Gasteiger partial charge in [0, 0.05) is 6.04 Å². The molecule has 1 aliphatic rings. The maximum Gasteiger partial charge on any atom is 0.417 e. The van der Waals surface area contributed by atoms with E-state index >= 15 is 0 Å². The molecule has 1 saturated heterocycles. The Morgan fingerprint density at radius 3 is 2.67 bits per heavy atom. The molecule has 1 aromatic rings. The minimum Gasteiger partial charge on any atom is -0.316 e. The number of benzene rings is 1. The molecule has 24 heavy (non-hydrogen) atoms. The van der Waals surface area contributed by atoms with Gasteiger partial charge in [-0.3, -0.25) is 0 Å². The molecule has 0 aromatic heterocycles. The summed E-state index contributed by atoms with van der Waals surface area (Å²) in [6.45, 7) is 3.30. The Hall–Kier alpha value is -1.63. The van der Waals surface area contributed by atoms with Crippen LogP contribution in [0.15, 0.2) is 23.1 Å². The van der Waals surface area contributed by atoms with Crippen LogP contribution in [0.25, 0.3) is 0 Å². The summed E-state index contributed by atoms with van der Waals surface area (Å²) in [7, 11) is -4.00. The van der Waals surface area contributed by atoms with E-state index in [0.717, 1.165) is 31.5 Å². The lowest BCUT2D eigenvalue weighted by Crippen LogP contribution is -2.44. The maximum atomic E-state index is 12.8. The van der Waals surface area contributed by atoms with E-state index in [0.29, 0.717) is 12.6 Å². The topological polar surface area (TPSA) is 82.0 Å². The molecule has 9 heteroatoms. The molecule has 0 aliphatic carbocycles. The van der Waals surface area contributed by atoms with Gasteiger partial charge in [0.2, 0.25) is 10.0 Å². The average molecular weight is 361 g/mol. The van der Waals surface area contributed by atoms with Crippen LogP contribution in [0, 0.1) is 17.2 Å². The molecule has 1 fully saturated rings. The number of hydrogen-bond donors (Lipinski definition) is 2. The highest BCUT2D eigenvalue weighted by Gasteiger charge is 2.34. The quantitative estimate of drug-likeness (QED) is 0.862. The molecule has 2 rings (SSSR count). The Balaban J connectivity index is 2.24. The van der Waals surface area contributed by atoms with E-state index in [2.05, 4.69) is 10.0 Å². The Labute approximate surface area is 138 Å². The van der Waals surface area contributed by atoms with Gasteiger partial charge in [-0.1, -0.05) is 0 Å². The van der Waals surface area contributed by atoms with Crippen molar-refractivity contribution in [1.82, 2.24) is 10.0 Å². The van der Waals surface area contributed by atoms with Crippen molar-refractivity contribution in [3.63, 3.8) is 0 Å². The summed E-state index contributed by atoms with van der Waals surface area (Å²) < 4.78 is 65.7. The van der Waals surface area contributed by atoms with Gasteiger partial charge in [0.05, 0.1) is 22.1 Å². The van der Waals surface area contributed by atoms with Gasteiger partial charge in [0.15, 0.2) is 0 Å². The van der Waals surface area contributed by atoms with E-state index in [1.807, 2.05) is 0 Å². The first-order valence-corrected chi connectivity index (χ1v) is 8.98. The lowest BCUT2D eigenvalue weighted by Gasteiger charge is -2.28. The molecule has 2 atom stereocenters. The normalized spacial score (nSPS) is 20.4. The molecule has 0 spiro atoms. The zero-order chi connectivity index (χ0) is 18.0. The second-order valence-corrected chi connectivity index (χ2v) is 7.55. The van der Waals surface area contributed by atoms with Crippen molar-refractivity contribution in [3.05, 3.63) is 29.3 Å². The molecule has 0 radical (unpaired) electrons. The van der Waals surface area contributed by atoms with Gasteiger partial charge in [-0.2, -0.15) is 18.4 Å². The monoisotopic (exact) mass is 361 g/mol. The number of alkyl halides is 3. The van der Waals surface area contributed by atoms with Crippen molar-refractivity contribution in [2.24, 2.45) is 5.92 Å². The molecule has 1 aliphatic heterocycles. The fraction of sp³-hybridized carbons (Fsp3) is 0.533. The number of nitrogens with zero attached hydrogens (tertiary/aromatic N) is 1. The third kappa shape index (κ3) is 4.26. The maximum absolute atomic E-state index is 12.8. The molecule has 2 N–H and O–H groups in total. The fourth-order valence-corrected chi connectivity index (χ4v) is 4.08. The largest absolute Gasteiger partial charge is 0.417 e. The molecule has 2 unspecified atom stereocenters. The highest BCUT2D eigenvalue weighted by molar-refractivity contribution is 7.89. The highest BCUT2D eigenvalue weighted by Crippen LogP contribution is 2.32. The molecule has 0 saturated carbocycles. The van der Waals surface area contributed by atoms with Crippen LogP contribution in [-0.4, -0.2) is 27.5 Å². The summed E-state index contributed by atoms with van der Waals surface area (Å²) in [5.41, 5.74) is -1.86. The minimum atomic E-state index is -4.71. The number of halogens is 3. The Kier molecular flexibility index (Phi) is 5.52. The third-order valence-electron chi connectivity index (χ3n) is 4.11. The molecule has 1 heterocycles. The Morgan fingerprint density at radius 2 is 2.12 bits per heavy atom. The summed E-state index contributed by atoms with van der Waals surface area (Å²) in [5.74, 6) is 0.110. The molecule has 1 aromatic carbocycles. The predicted molar refractivity (Wildman–Crippen MR) is 81.5 cm³/mol. The molecule has 5 nitrogen and oxygen atoms in total. The highest BCUT2D eigenvalue weighted by atomic mass is 32.2. The van der Waals surface area contributed by atoms with Crippen LogP contribution in [0.4, 0.5) is 13.2 Å². The van der Waals surface area contributed by atoms with Crippen molar-refractivity contribution in [2.75, 3.05) is 13.1 Å². The van der Waals surface area contributed by atoms with Crippen LogP contribution in [0.1, 0.15) is 30.9 Å². The predicted octanol–water partition coefficient (Wildman–Crippen LogP) is 2.24. The Bertz CT molecular complexity index is 735. The smallest absolute Gasteiger partial charge is 0.316 e. The zero-order valence-electron chi connectivity index (χ0n) is 13.0. The van der Waals surface area contributed by atoms with Gasteiger partial charge in [0.1, 0.15) is 0 Å². The third-order valence-corrected chi connectivity index (χ3v) is 5.67. The fourth-order valence-electron chi connectivity index (χ4n) is 2.74. The van der Waals surface area contributed by atoms with Gasteiger partial charge < -0.3 is 5.32 Å². The van der Waals surface area contributed by atoms with Crippen LogP contribution in [-0.2, 0) is 16.2 Å². The molecule has 0 bridgehead atoms. The second kappa shape index (κ2) is 7.09. The van der Waals surface area contributed by atoms with Gasteiger partial charge in [-0.05, 0) is 57.0 Å². The lowest BCUT2D eigenvalue weighted by molar-refractivity contribution is -0.137. The van der Waals surface area contributed by atoms with Crippen molar-refractivity contribution >= 4 is 10.0 Å². The minimum absolute atomic E-state index is 0.110. The number of sulfonamides is 1. The van der Waals surface area contributed by atoms with Gasteiger partial charge in [-0.25, -0.2) is 13.1 Å². The summed E-state index contributed by atoms with van der Waals surface area (Å²) in [6, 6.07) is 3.30. The Morgan fingerprint density at radius 1 is 1.42 bits per heavy atom. The van der Waals surface area contributed by atoms with Gasteiger partial charge in [-0.15, -0.1) is 0 Å². The first-order valence-electron chi connectivity index (χ1n) is 7.49. The SMILES string of the molecule is CC(NS(=O)(=O)c1ccc(C(F)(F)F)c(C#N)c1)C1CCCNC1. The number of nitriles is 1. The standard InChI is InChI=1S/C15H18F3N3O2S/c1-10(11-3-2-6-20-9-11)21-24(22,23)13-4-5-14(15(16,17)18)12(7-13)8-19/h4-5,7,10-11,20-21H,2-3,6,9H2,1H3. The number of piperidine rings is 1. The van der Waals surface area contributed by atoms with Gasteiger partial charge in [0.25, 0.3) is 0 Å². The molecular formula is C15H18F3N3O2S. The lowest BCUT2D eigenvalue weighted by atomic mass is 9.94. The zero-order valence-corrected chi connectivity index (χ0v) is 13.8. The van der Waals surface area contributed by atoms with Crippen LogP contribution in [0.3, 0.4) is 0 Å². The summed E-state index contributed by atoms with van der Waals surface area (Å²) in [6.07, 6.45) is -2.90. The molecule has 132 valence electrons. The average Bonchev–Trinajstić information content (AvgIpc) is 2.53. The summed E-state index contributed by atoms with van der Waals surface area (Å²) in [4.78, 5) is -0.345. The molecular weight excluding hydrogens is 343 g/mol. The summed E-state index contributed by atoms with van der Waals surface area (Å²) >= 11 is 0. The van der Waals surface area contributed by atoms with Crippen LogP contribution in [0.5, 0.6) is 0 Å². The number of rotatable bonds is 4. The second-order valence-electron chi connectivity index (χ2n) is 5.83. The van der Waals surface area contributed by atoms with E-state index in [9.17, 15) is 21.6 Å². The van der Waals surface area contributed by atoms with E-state index in [-0.39, 0.29) is 16.9 Å². The molecule has 0 amide bonds. The van der Waals surface area contributed by atoms with Gasteiger partial charge >= 0.3 is 6.18 Å². The number of nitrogens with one attached hydrogen (secondary N) is 2. The first kappa shape index (κ1) is 18.7. The van der Waals surface area contributed by atoms with Crippen LogP contribution >= 0.6 is 0 Å². The van der Waals surface area contributed by atoms with Crippen molar-refractivity contribution in [2.45, 2.75) is 36.9 Å². The van der Waals surface area contributed by atoms with E-state index in [4.69, 9.17) is 5.26 Å². The van der Waals surface area contributed by atoms with Crippen molar-refractivity contribution in [1.29, 1.82) is 5.26 Å². The number of hydrogen-bond acceptors (Lipinski definition) is 4. The van der Waals surface area contributed by atoms with E-state index < -0.39 is 27.3 Å².